The van der Waals surface area contributed by atoms with Crippen LogP contribution in [0.3, 0.4) is 0 Å². The second kappa shape index (κ2) is 7.36. The van der Waals surface area contributed by atoms with Crippen molar-refractivity contribution in [2.24, 2.45) is 0 Å². The molecule has 0 atom stereocenters. The van der Waals surface area contributed by atoms with Crippen LogP contribution in [-0.4, -0.2) is 22.6 Å². The Morgan fingerprint density at radius 3 is 2.36 bits per heavy atom. The molecule has 0 bridgehead atoms. The fraction of sp³-hybridized carbons (Fsp3) is 0.0455. The van der Waals surface area contributed by atoms with E-state index in [1.807, 2.05) is 30.3 Å². The fourth-order valence-electron chi connectivity index (χ4n) is 3.03. The number of amides is 1. The summed E-state index contributed by atoms with van der Waals surface area (Å²) in [6, 6.07) is 19.7. The summed E-state index contributed by atoms with van der Waals surface area (Å²) >= 11 is 0. The summed E-state index contributed by atoms with van der Waals surface area (Å²) in [6.45, 7) is 0. The van der Waals surface area contributed by atoms with Gasteiger partial charge < -0.3 is 10.1 Å². The topological polar surface area (TPSA) is 73.2 Å². The molecule has 0 aliphatic carbocycles. The van der Waals surface area contributed by atoms with Crippen LogP contribution in [-0.2, 0) is 0 Å². The summed E-state index contributed by atoms with van der Waals surface area (Å²) in [5.74, 6) is 0.133. The van der Waals surface area contributed by atoms with E-state index < -0.39 is 0 Å². The molecule has 1 N–H and O–H groups in total. The van der Waals surface area contributed by atoms with Crippen LogP contribution in [0, 0.1) is 0 Å². The number of aromatic nitrogens is 2. The molecule has 4 aromatic rings. The number of rotatable bonds is 4. The van der Waals surface area contributed by atoms with Gasteiger partial charge in [0, 0.05) is 28.7 Å². The minimum absolute atomic E-state index is 0.176. The molecule has 0 unspecified atom stereocenters. The molecule has 4 rings (SSSR count). The van der Waals surface area contributed by atoms with Crippen LogP contribution in [0.15, 0.2) is 83.9 Å². The molecule has 0 saturated carbocycles. The number of para-hydroxylation sites is 1. The van der Waals surface area contributed by atoms with Crippen molar-refractivity contribution in [3.63, 3.8) is 0 Å². The van der Waals surface area contributed by atoms with Crippen molar-refractivity contribution in [2.75, 3.05) is 12.4 Å². The zero-order valence-electron chi connectivity index (χ0n) is 15.1. The number of nitrogens with zero attached hydrogens (tertiary/aromatic N) is 2. The summed E-state index contributed by atoms with van der Waals surface area (Å²) in [4.78, 5) is 30.0. The number of fused-ring (bicyclic) bond motifs is 1. The third kappa shape index (κ3) is 3.23. The number of methoxy groups -OCH3 is 1. The number of anilines is 1. The minimum atomic E-state index is -0.326. The lowest BCUT2D eigenvalue weighted by atomic mass is 10.1. The van der Waals surface area contributed by atoms with Crippen molar-refractivity contribution in [3.05, 3.63) is 95.0 Å². The van der Waals surface area contributed by atoms with Gasteiger partial charge in [-0.05, 0) is 24.3 Å². The maximum absolute atomic E-state index is 13.0. The van der Waals surface area contributed by atoms with E-state index in [9.17, 15) is 9.59 Å². The minimum Gasteiger partial charge on any atom is -0.481 e. The summed E-state index contributed by atoms with van der Waals surface area (Å²) in [5.41, 5.74) is 1.45. The fourth-order valence-corrected chi connectivity index (χ4v) is 3.03. The zero-order valence-corrected chi connectivity index (χ0v) is 15.1. The van der Waals surface area contributed by atoms with Crippen LogP contribution in [0.4, 0.5) is 5.69 Å². The highest BCUT2D eigenvalue weighted by molar-refractivity contribution is 6.12. The van der Waals surface area contributed by atoms with Gasteiger partial charge in [-0.2, -0.15) is 0 Å². The summed E-state index contributed by atoms with van der Waals surface area (Å²) in [6.07, 6.45) is 3.10. The summed E-state index contributed by atoms with van der Waals surface area (Å²) in [5, 5.41) is 3.90. The van der Waals surface area contributed by atoms with Gasteiger partial charge in [0.05, 0.1) is 24.6 Å². The number of benzene rings is 2. The molecule has 0 radical (unpaired) electrons. The van der Waals surface area contributed by atoms with E-state index in [4.69, 9.17) is 4.74 Å². The maximum atomic E-state index is 13.0. The van der Waals surface area contributed by atoms with Gasteiger partial charge in [0.15, 0.2) is 0 Å². The Hall–Kier alpha value is -3.93. The van der Waals surface area contributed by atoms with Gasteiger partial charge in [0.2, 0.25) is 5.88 Å². The van der Waals surface area contributed by atoms with E-state index in [0.29, 0.717) is 33.6 Å². The predicted molar refractivity (Wildman–Crippen MR) is 108 cm³/mol. The molecular weight excluding hydrogens is 354 g/mol. The number of hydrogen-bond acceptors (Lipinski definition) is 4. The number of carbonyl (C=O) groups is 1. The van der Waals surface area contributed by atoms with Crippen molar-refractivity contribution >= 4 is 22.4 Å². The van der Waals surface area contributed by atoms with Crippen molar-refractivity contribution in [2.45, 2.75) is 0 Å². The molecule has 138 valence electrons. The standard InChI is InChI=1S/C22H17N3O3/c1-28-20-12-11-15(13-23-20)24-21(26)19-14-25(16-7-3-2-4-8-16)22(27)18-10-6-5-9-17(18)19/h2-14H,1H3,(H,24,26). The summed E-state index contributed by atoms with van der Waals surface area (Å²) < 4.78 is 6.52. The number of hydrogen-bond donors (Lipinski definition) is 1. The molecule has 28 heavy (non-hydrogen) atoms. The Balaban J connectivity index is 1.82. The lowest BCUT2D eigenvalue weighted by Crippen LogP contribution is -2.22. The molecule has 2 aromatic heterocycles. The van der Waals surface area contributed by atoms with Crippen molar-refractivity contribution in [1.29, 1.82) is 0 Å². The van der Waals surface area contributed by atoms with Gasteiger partial charge in [0.25, 0.3) is 11.5 Å². The average Bonchev–Trinajstić information content (AvgIpc) is 2.75. The van der Waals surface area contributed by atoms with E-state index in [0.717, 1.165) is 0 Å². The van der Waals surface area contributed by atoms with E-state index in [2.05, 4.69) is 10.3 Å². The molecule has 0 fully saturated rings. The van der Waals surface area contributed by atoms with Crippen molar-refractivity contribution in [1.82, 2.24) is 9.55 Å². The van der Waals surface area contributed by atoms with Crippen LogP contribution >= 0.6 is 0 Å². The Morgan fingerprint density at radius 1 is 0.964 bits per heavy atom. The highest BCUT2D eigenvalue weighted by Gasteiger charge is 2.16. The zero-order chi connectivity index (χ0) is 19.5. The second-order valence-electron chi connectivity index (χ2n) is 6.14. The van der Waals surface area contributed by atoms with Crippen LogP contribution in [0.25, 0.3) is 16.5 Å². The molecule has 0 saturated heterocycles. The lowest BCUT2D eigenvalue weighted by molar-refractivity contribution is 0.102. The Bertz CT molecular complexity index is 1200. The SMILES string of the molecule is COc1ccc(NC(=O)c2cn(-c3ccccc3)c(=O)c3ccccc23)cn1. The van der Waals surface area contributed by atoms with Crippen molar-refractivity contribution in [3.8, 4) is 11.6 Å². The van der Waals surface area contributed by atoms with Gasteiger partial charge in [0.1, 0.15) is 0 Å². The first kappa shape index (κ1) is 17.5. The first-order valence-corrected chi connectivity index (χ1v) is 8.68. The normalized spacial score (nSPS) is 10.6. The third-order valence-electron chi connectivity index (χ3n) is 4.41. The number of carbonyl (C=O) groups excluding carboxylic acids is 1. The van der Waals surface area contributed by atoms with E-state index >= 15 is 0 Å². The average molecular weight is 371 g/mol. The Morgan fingerprint density at radius 2 is 1.68 bits per heavy atom. The van der Waals surface area contributed by atoms with Gasteiger partial charge in [-0.1, -0.05) is 36.4 Å². The molecular formula is C22H17N3O3. The highest BCUT2D eigenvalue weighted by atomic mass is 16.5. The van der Waals surface area contributed by atoms with Gasteiger partial charge in [-0.15, -0.1) is 0 Å². The van der Waals surface area contributed by atoms with E-state index in [1.165, 1.54) is 17.9 Å². The Kier molecular flexibility index (Phi) is 4.60. The smallest absolute Gasteiger partial charge is 0.262 e. The molecule has 6 nitrogen and oxygen atoms in total. The van der Waals surface area contributed by atoms with Gasteiger partial charge in [-0.25, -0.2) is 4.98 Å². The first-order valence-electron chi connectivity index (χ1n) is 8.68. The molecule has 0 spiro atoms. The van der Waals surface area contributed by atoms with Crippen molar-refractivity contribution < 1.29 is 9.53 Å². The maximum Gasteiger partial charge on any atom is 0.262 e. The molecule has 6 heteroatoms. The molecule has 2 heterocycles. The second-order valence-corrected chi connectivity index (χ2v) is 6.14. The van der Waals surface area contributed by atoms with Crippen LogP contribution in [0.1, 0.15) is 10.4 Å². The number of nitrogens with one attached hydrogen (secondary N) is 1. The Labute approximate surface area is 161 Å². The van der Waals surface area contributed by atoms with Crippen LogP contribution in [0.2, 0.25) is 0 Å². The molecule has 0 aliphatic heterocycles. The molecule has 0 aliphatic rings. The van der Waals surface area contributed by atoms with E-state index in [-0.39, 0.29) is 11.5 Å². The van der Waals surface area contributed by atoms with Gasteiger partial charge in [-0.3, -0.25) is 14.2 Å². The lowest BCUT2D eigenvalue weighted by Gasteiger charge is -2.13. The largest absolute Gasteiger partial charge is 0.481 e. The van der Waals surface area contributed by atoms with Crippen LogP contribution in [0.5, 0.6) is 5.88 Å². The van der Waals surface area contributed by atoms with Gasteiger partial charge >= 0.3 is 0 Å². The number of ether oxygens (including phenoxy) is 1. The number of pyridine rings is 2. The van der Waals surface area contributed by atoms with Crippen LogP contribution < -0.4 is 15.6 Å². The third-order valence-corrected chi connectivity index (χ3v) is 4.41. The molecule has 1 amide bonds. The predicted octanol–water partition coefficient (Wildman–Crippen LogP) is 3.65. The molecule has 2 aromatic carbocycles. The monoisotopic (exact) mass is 371 g/mol. The summed E-state index contributed by atoms with van der Waals surface area (Å²) in [7, 11) is 1.53. The first-order chi connectivity index (χ1) is 13.7. The highest BCUT2D eigenvalue weighted by Crippen LogP contribution is 2.19. The van der Waals surface area contributed by atoms with E-state index in [1.54, 1.807) is 42.6 Å². The quantitative estimate of drug-likeness (QED) is 0.594.